The second-order valence-corrected chi connectivity index (χ2v) is 7.88. The third-order valence-corrected chi connectivity index (χ3v) is 5.68. The summed E-state index contributed by atoms with van der Waals surface area (Å²) >= 11 is 0. The van der Waals surface area contributed by atoms with Gasteiger partial charge in [0.1, 0.15) is 17.1 Å². The van der Waals surface area contributed by atoms with Gasteiger partial charge in [0.15, 0.2) is 0 Å². The Hall–Kier alpha value is -2.56. The van der Waals surface area contributed by atoms with E-state index in [9.17, 15) is 0 Å². The summed E-state index contributed by atoms with van der Waals surface area (Å²) in [6.45, 7) is 4.16. The van der Waals surface area contributed by atoms with Crippen LogP contribution in [0.3, 0.4) is 0 Å². The van der Waals surface area contributed by atoms with E-state index in [0.717, 1.165) is 47.7 Å². The average Bonchev–Trinajstić information content (AvgIpc) is 2.83. The van der Waals surface area contributed by atoms with Gasteiger partial charge < -0.3 is 19.9 Å². The summed E-state index contributed by atoms with van der Waals surface area (Å²) in [5.74, 6) is 1.83. The van der Waals surface area contributed by atoms with E-state index in [4.69, 9.17) is 19.9 Å². The minimum absolute atomic E-state index is 0.572. The molecule has 0 spiro atoms. The Bertz CT molecular complexity index is 858. The van der Waals surface area contributed by atoms with Gasteiger partial charge in [-0.25, -0.2) is 0 Å². The normalized spacial score (nSPS) is 18.3. The van der Waals surface area contributed by atoms with Crippen LogP contribution in [0, 0.1) is 0 Å². The van der Waals surface area contributed by atoms with E-state index in [2.05, 4.69) is 43.3 Å². The van der Waals surface area contributed by atoms with E-state index >= 15 is 0 Å². The van der Waals surface area contributed by atoms with Crippen molar-refractivity contribution in [3.8, 4) is 5.75 Å². The molecule has 0 saturated carbocycles. The minimum atomic E-state index is -0.572. The predicted molar refractivity (Wildman–Crippen MR) is 127 cm³/mol. The van der Waals surface area contributed by atoms with Crippen molar-refractivity contribution in [2.45, 2.75) is 44.6 Å². The highest BCUT2D eigenvalue weighted by molar-refractivity contribution is 5.77. The molecule has 31 heavy (non-hydrogen) atoms. The van der Waals surface area contributed by atoms with Crippen molar-refractivity contribution in [1.82, 2.24) is 0 Å². The first-order valence-electron chi connectivity index (χ1n) is 11.3. The van der Waals surface area contributed by atoms with Crippen LogP contribution in [0.4, 0.5) is 0 Å². The van der Waals surface area contributed by atoms with E-state index < -0.39 is 5.60 Å². The van der Waals surface area contributed by atoms with Crippen LogP contribution in [-0.4, -0.2) is 26.9 Å². The second kappa shape index (κ2) is 11.7. The summed E-state index contributed by atoms with van der Waals surface area (Å²) in [4.78, 5) is 0. The zero-order valence-corrected chi connectivity index (χ0v) is 18.8. The molecule has 1 aliphatic carbocycles. The van der Waals surface area contributed by atoms with Gasteiger partial charge in [0, 0.05) is 19.1 Å². The fraction of sp³-hybridized carbons (Fsp3) is 0.407. The van der Waals surface area contributed by atoms with Gasteiger partial charge in [-0.05, 0) is 48.7 Å². The number of ether oxygens (including phenoxy) is 3. The number of methoxy groups -OCH3 is 1. The second-order valence-electron chi connectivity index (χ2n) is 7.88. The Balaban J connectivity index is 1.81. The van der Waals surface area contributed by atoms with E-state index in [1.165, 1.54) is 12.8 Å². The number of rotatable bonds is 12. The molecule has 4 nitrogen and oxygen atoms in total. The summed E-state index contributed by atoms with van der Waals surface area (Å²) in [5, 5.41) is 0. The molecule has 1 aliphatic rings. The molecular formula is C27H35NO3. The van der Waals surface area contributed by atoms with Crippen molar-refractivity contribution >= 4 is 5.57 Å². The standard InChI is InChI=1S/C27H35NO3/c1-3-4-8-19-30-24-14-12-23(13-15-24)27(29-2)17-16-25(22-10-6-5-7-11-22)26(21-27)31-20-9-18-28/h5-7,10-17H,3-4,8-9,18-21,28H2,1-2H3. The van der Waals surface area contributed by atoms with Crippen LogP contribution >= 0.6 is 0 Å². The topological polar surface area (TPSA) is 53.7 Å². The van der Waals surface area contributed by atoms with Gasteiger partial charge in [-0.15, -0.1) is 0 Å². The number of allylic oxidation sites excluding steroid dienone is 2. The Morgan fingerprint density at radius 1 is 0.903 bits per heavy atom. The first kappa shape index (κ1) is 23.1. The molecule has 0 fully saturated rings. The minimum Gasteiger partial charge on any atom is -0.497 e. The fourth-order valence-electron chi connectivity index (χ4n) is 3.82. The van der Waals surface area contributed by atoms with Gasteiger partial charge >= 0.3 is 0 Å². The van der Waals surface area contributed by atoms with Gasteiger partial charge in [-0.1, -0.05) is 68.3 Å². The van der Waals surface area contributed by atoms with Crippen LogP contribution in [0.1, 0.15) is 50.2 Å². The largest absolute Gasteiger partial charge is 0.497 e. The molecule has 2 aromatic carbocycles. The molecular weight excluding hydrogens is 386 g/mol. The number of benzene rings is 2. The van der Waals surface area contributed by atoms with Crippen LogP contribution in [0.2, 0.25) is 0 Å². The van der Waals surface area contributed by atoms with E-state index in [0.29, 0.717) is 19.6 Å². The van der Waals surface area contributed by atoms with E-state index in [-0.39, 0.29) is 0 Å². The zero-order chi connectivity index (χ0) is 21.9. The van der Waals surface area contributed by atoms with Crippen LogP contribution in [0.15, 0.2) is 72.5 Å². The lowest BCUT2D eigenvalue weighted by Gasteiger charge is -2.34. The number of hydrogen-bond acceptors (Lipinski definition) is 4. The fourth-order valence-corrected chi connectivity index (χ4v) is 3.82. The first-order valence-corrected chi connectivity index (χ1v) is 11.3. The van der Waals surface area contributed by atoms with Crippen molar-refractivity contribution in [3.63, 3.8) is 0 Å². The van der Waals surface area contributed by atoms with Crippen molar-refractivity contribution in [2.24, 2.45) is 5.73 Å². The molecule has 0 aromatic heterocycles. The molecule has 1 atom stereocenters. The van der Waals surface area contributed by atoms with Crippen molar-refractivity contribution in [2.75, 3.05) is 26.9 Å². The smallest absolute Gasteiger partial charge is 0.119 e. The number of unbranched alkanes of at least 4 members (excludes halogenated alkanes) is 2. The summed E-state index contributed by atoms with van der Waals surface area (Å²) in [6.07, 6.45) is 9.18. The molecule has 2 N–H and O–H groups in total. The third kappa shape index (κ3) is 5.99. The maximum atomic E-state index is 6.21. The maximum absolute atomic E-state index is 6.21. The highest BCUT2D eigenvalue weighted by Gasteiger charge is 2.35. The van der Waals surface area contributed by atoms with E-state index in [1.807, 2.05) is 30.3 Å². The zero-order valence-electron chi connectivity index (χ0n) is 18.8. The van der Waals surface area contributed by atoms with Crippen LogP contribution in [0.25, 0.3) is 5.57 Å². The summed E-state index contributed by atoms with van der Waals surface area (Å²) < 4.78 is 18.2. The van der Waals surface area contributed by atoms with Crippen molar-refractivity contribution in [1.29, 1.82) is 0 Å². The Labute approximate surface area is 186 Å². The molecule has 0 bridgehead atoms. The average molecular weight is 422 g/mol. The maximum Gasteiger partial charge on any atom is 0.119 e. The third-order valence-electron chi connectivity index (χ3n) is 5.68. The molecule has 0 aliphatic heterocycles. The lowest BCUT2D eigenvalue weighted by Crippen LogP contribution is -2.29. The molecule has 0 amide bonds. The Morgan fingerprint density at radius 2 is 1.65 bits per heavy atom. The summed E-state index contributed by atoms with van der Waals surface area (Å²) in [7, 11) is 1.75. The number of nitrogens with two attached hydrogens (primary N) is 1. The molecule has 0 saturated heterocycles. The first-order chi connectivity index (χ1) is 15.2. The highest BCUT2D eigenvalue weighted by Crippen LogP contribution is 2.41. The van der Waals surface area contributed by atoms with Gasteiger partial charge in [0.2, 0.25) is 0 Å². The van der Waals surface area contributed by atoms with Crippen LogP contribution in [-0.2, 0) is 15.1 Å². The molecule has 0 heterocycles. The highest BCUT2D eigenvalue weighted by atomic mass is 16.5. The molecule has 166 valence electrons. The summed E-state index contributed by atoms with van der Waals surface area (Å²) in [5.41, 5.74) is 8.43. The lowest BCUT2D eigenvalue weighted by molar-refractivity contribution is 0.0134. The molecule has 4 heteroatoms. The molecule has 0 radical (unpaired) electrons. The van der Waals surface area contributed by atoms with Gasteiger partial charge in [0.25, 0.3) is 0 Å². The van der Waals surface area contributed by atoms with Crippen LogP contribution in [0.5, 0.6) is 5.75 Å². The number of hydrogen-bond donors (Lipinski definition) is 1. The van der Waals surface area contributed by atoms with Crippen molar-refractivity contribution in [3.05, 3.63) is 83.6 Å². The predicted octanol–water partition coefficient (Wildman–Crippen LogP) is 5.83. The summed E-state index contributed by atoms with van der Waals surface area (Å²) in [6, 6.07) is 18.6. The van der Waals surface area contributed by atoms with Crippen LogP contribution < -0.4 is 10.5 Å². The molecule has 3 rings (SSSR count). The van der Waals surface area contributed by atoms with Crippen molar-refractivity contribution < 1.29 is 14.2 Å². The quantitative estimate of drug-likeness (QED) is 0.438. The SMILES string of the molecule is CCCCCOc1ccc(C2(OC)C=CC(c3ccccc3)=C(OCCCN)C2)cc1. The molecule has 2 aromatic rings. The van der Waals surface area contributed by atoms with E-state index in [1.54, 1.807) is 7.11 Å². The monoisotopic (exact) mass is 421 g/mol. The Kier molecular flexibility index (Phi) is 8.74. The van der Waals surface area contributed by atoms with Gasteiger partial charge in [-0.2, -0.15) is 0 Å². The Morgan fingerprint density at radius 3 is 2.32 bits per heavy atom. The lowest BCUT2D eigenvalue weighted by atomic mass is 9.82. The molecule has 1 unspecified atom stereocenters. The van der Waals surface area contributed by atoms with Gasteiger partial charge in [-0.3, -0.25) is 0 Å². The van der Waals surface area contributed by atoms with Gasteiger partial charge in [0.05, 0.1) is 13.2 Å².